The van der Waals surface area contributed by atoms with Gasteiger partial charge in [0.25, 0.3) is 0 Å². The van der Waals surface area contributed by atoms with Gasteiger partial charge in [-0.2, -0.15) is 11.3 Å². The average Bonchev–Trinajstić information content (AvgIpc) is 2.75. The molecule has 1 aromatic carbocycles. The van der Waals surface area contributed by atoms with E-state index < -0.39 is 0 Å². The predicted octanol–water partition coefficient (Wildman–Crippen LogP) is 4.70. The van der Waals surface area contributed by atoms with Crippen LogP contribution in [0.2, 0.25) is 5.02 Å². The van der Waals surface area contributed by atoms with Crippen molar-refractivity contribution < 1.29 is 4.39 Å². The second-order valence-corrected chi connectivity index (χ2v) is 5.51. The van der Waals surface area contributed by atoms with Gasteiger partial charge in [0, 0.05) is 12.6 Å². The minimum atomic E-state index is -0.366. The largest absolute Gasteiger partial charge is 0.306 e. The lowest BCUT2D eigenvalue weighted by molar-refractivity contribution is 0.565. The third-order valence-electron chi connectivity index (χ3n) is 3.00. The maximum Gasteiger partial charge on any atom is 0.142 e. The lowest BCUT2D eigenvalue weighted by Crippen LogP contribution is -2.18. The molecule has 96 valence electrons. The summed E-state index contributed by atoms with van der Waals surface area (Å²) in [7, 11) is 0. The highest BCUT2D eigenvalue weighted by Crippen LogP contribution is 2.21. The number of hydrogen-bond donors (Lipinski definition) is 1. The van der Waals surface area contributed by atoms with Crippen LogP contribution in [-0.2, 0) is 6.54 Å². The molecule has 0 spiro atoms. The molecule has 0 aliphatic heterocycles. The van der Waals surface area contributed by atoms with E-state index in [9.17, 15) is 4.39 Å². The number of hydrogen-bond acceptors (Lipinski definition) is 2. The maximum atomic E-state index is 13.4. The Kier molecular flexibility index (Phi) is 4.38. The Balaban J connectivity index is 2.01. The molecule has 0 aliphatic rings. The molecule has 0 saturated carbocycles. The van der Waals surface area contributed by atoms with Crippen molar-refractivity contribution in [3.05, 3.63) is 56.5 Å². The Morgan fingerprint density at radius 1 is 1.39 bits per heavy atom. The van der Waals surface area contributed by atoms with Crippen LogP contribution in [0.1, 0.15) is 29.7 Å². The van der Waals surface area contributed by atoms with Crippen LogP contribution >= 0.6 is 22.9 Å². The predicted molar refractivity (Wildman–Crippen MR) is 75.7 cm³/mol. The molecule has 1 unspecified atom stereocenters. The van der Waals surface area contributed by atoms with Crippen LogP contribution in [0, 0.1) is 12.7 Å². The van der Waals surface area contributed by atoms with Gasteiger partial charge in [-0.15, -0.1) is 0 Å². The van der Waals surface area contributed by atoms with Crippen molar-refractivity contribution in [2.45, 2.75) is 26.4 Å². The third-order valence-corrected chi connectivity index (χ3v) is 4.22. The molecule has 0 fully saturated rings. The van der Waals surface area contributed by atoms with Crippen LogP contribution < -0.4 is 5.32 Å². The van der Waals surface area contributed by atoms with Crippen molar-refractivity contribution in [2.75, 3.05) is 0 Å². The molecule has 1 atom stereocenters. The Morgan fingerprint density at radius 2 is 2.17 bits per heavy atom. The molecule has 1 N–H and O–H groups in total. The number of aryl methyl sites for hydroxylation is 1. The monoisotopic (exact) mass is 283 g/mol. The molecular weight excluding hydrogens is 269 g/mol. The van der Waals surface area contributed by atoms with Crippen molar-refractivity contribution >= 4 is 22.9 Å². The van der Waals surface area contributed by atoms with Gasteiger partial charge >= 0.3 is 0 Å². The molecule has 0 radical (unpaired) electrons. The van der Waals surface area contributed by atoms with Crippen LogP contribution in [0.25, 0.3) is 0 Å². The lowest BCUT2D eigenvalue weighted by atomic mass is 10.1. The Labute approximate surface area is 116 Å². The van der Waals surface area contributed by atoms with Gasteiger partial charge in [0.15, 0.2) is 0 Å². The SMILES string of the molecule is Cc1cscc1CNC(C)c1ccc(Cl)c(F)c1. The first-order valence-corrected chi connectivity index (χ1v) is 7.10. The molecule has 2 aromatic rings. The van der Waals surface area contributed by atoms with Gasteiger partial charge in [-0.25, -0.2) is 4.39 Å². The van der Waals surface area contributed by atoms with E-state index in [1.807, 2.05) is 13.0 Å². The summed E-state index contributed by atoms with van der Waals surface area (Å²) >= 11 is 7.37. The molecule has 0 amide bonds. The van der Waals surface area contributed by atoms with Crippen LogP contribution in [0.4, 0.5) is 4.39 Å². The van der Waals surface area contributed by atoms with E-state index in [1.54, 1.807) is 17.4 Å². The van der Waals surface area contributed by atoms with Crippen molar-refractivity contribution in [2.24, 2.45) is 0 Å². The summed E-state index contributed by atoms with van der Waals surface area (Å²) in [5.74, 6) is -0.366. The molecule has 0 saturated heterocycles. The number of nitrogens with one attached hydrogen (secondary N) is 1. The van der Waals surface area contributed by atoms with Gasteiger partial charge in [-0.3, -0.25) is 0 Å². The number of thiophene rings is 1. The molecule has 0 aliphatic carbocycles. The first-order chi connectivity index (χ1) is 8.58. The van der Waals surface area contributed by atoms with Gasteiger partial charge in [0.1, 0.15) is 5.82 Å². The Hall–Kier alpha value is -0.900. The lowest BCUT2D eigenvalue weighted by Gasteiger charge is -2.14. The molecule has 1 nitrogen and oxygen atoms in total. The van der Waals surface area contributed by atoms with Crippen LogP contribution in [0.5, 0.6) is 0 Å². The zero-order chi connectivity index (χ0) is 13.1. The highest BCUT2D eigenvalue weighted by atomic mass is 35.5. The fourth-order valence-electron chi connectivity index (χ4n) is 1.73. The minimum absolute atomic E-state index is 0.0936. The fourth-order valence-corrected chi connectivity index (χ4v) is 2.71. The normalized spacial score (nSPS) is 12.7. The van der Waals surface area contributed by atoms with E-state index in [1.165, 1.54) is 17.2 Å². The zero-order valence-corrected chi connectivity index (χ0v) is 11.9. The number of rotatable bonds is 4. The molecule has 1 aromatic heterocycles. The summed E-state index contributed by atoms with van der Waals surface area (Å²) in [6.07, 6.45) is 0. The fraction of sp³-hybridized carbons (Fsp3) is 0.286. The Morgan fingerprint density at radius 3 is 2.78 bits per heavy atom. The van der Waals surface area contributed by atoms with Crippen LogP contribution in [-0.4, -0.2) is 0 Å². The highest BCUT2D eigenvalue weighted by Gasteiger charge is 2.08. The van der Waals surface area contributed by atoms with Crippen molar-refractivity contribution in [3.63, 3.8) is 0 Å². The summed E-state index contributed by atoms with van der Waals surface area (Å²) < 4.78 is 13.4. The third kappa shape index (κ3) is 3.10. The van der Waals surface area contributed by atoms with Gasteiger partial charge in [-0.05, 0) is 53.4 Å². The van der Waals surface area contributed by atoms with Gasteiger partial charge in [0.2, 0.25) is 0 Å². The molecule has 4 heteroatoms. The van der Waals surface area contributed by atoms with Crippen molar-refractivity contribution in [3.8, 4) is 0 Å². The van der Waals surface area contributed by atoms with E-state index in [0.717, 1.165) is 12.1 Å². The number of benzene rings is 1. The maximum absolute atomic E-state index is 13.4. The second kappa shape index (κ2) is 5.83. The van der Waals surface area contributed by atoms with Crippen LogP contribution in [0.3, 0.4) is 0 Å². The van der Waals surface area contributed by atoms with E-state index in [-0.39, 0.29) is 16.9 Å². The van der Waals surface area contributed by atoms with E-state index >= 15 is 0 Å². The standard InChI is InChI=1S/C14H15ClFNS/c1-9-7-18-8-12(9)6-17-10(2)11-3-4-13(15)14(16)5-11/h3-5,7-8,10,17H,6H2,1-2H3. The quantitative estimate of drug-likeness (QED) is 0.858. The van der Waals surface area contributed by atoms with Crippen molar-refractivity contribution in [1.29, 1.82) is 0 Å². The first-order valence-electron chi connectivity index (χ1n) is 5.78. The summed E-state index contributed by atoms with van der Waals surface area (Å²) in [5.41, 5.74) is 3.49. The van der Waals surface area contributed by atoms with E-state index in [0.29, 0.717) is 0 Å². The van der Waals surface area contributed by atoms with Gasteiger partial charge in [-0.1, -0.05) is 17.7 Å². The first kappa shape index (κ1) is 13.5. The van der Waals surface area contributed by atoms with Crippen molar-refractivity contribution in [1.82, 2.24) is 5.32 Å². The summed E-state index contributed by atoms with van der Waals surface area (Å²) in [5, 5.41) is 7.82. The minimum Gasteiger partial charge on any atom is -0.306 e. The number of halogens is 2. The Bertz CT molecular complexity index is 538. The topological polar surface area (TPSA) is 12.0 Å². The smallest absolute Gasteiger partial charge is 0.142 e. The second-order valence-electron chi connectivity index (χ2n) is 4.36. The van der Waals surface area contributed by atoms with E-state index in [2.05, 4.69) is 23.0 Å². The molecule has 1 heterocycles. The van der Waals surface area contributed by atoms with E-state index in [4.69, 9.17) is 11.6 Å². The zero-order valence-electron chi connectivity index (χ0n) is 10.3. The molecule has 0 bridgehead atoms. The molecule has 18 heavy (non-hydrogen) atoms. The molecule has 2 rings (SSSR count). The average molecular weight is 284 g/mol. The highest BCUT2D eigenvalue weighted by molar-refractivity contribution is 7.08. The summed E-state index contributed by atoms with van der Waals surface area (Å²) in [6, 6.07) is 5.03. The van der Waals surface area contributed by atoms with Gasteiger partial charge in [0.05, 0.1) is 5.02 Å². The molecular formula is C14H15ClFNS. The summed E-state index contributed by atoms with van der Waals surface area (Å²) in [6.45, 7) is 4.91. The summed E-state index contributed by atoms with van der Waals surface area (Å²) in [4.78, 5) is 0. The van der Waals surface area contributed by atoms with Gasteiger partial charge < -0.3 is 5.32 Å². The van der Waals surface area contributed by atoms with Crippen LogP contribution in [0.15, 0.2) is 29.0 Å².